The Hall–Kier alpha value is -2.24. The lowest BCUT2D eigenvalue weighted by Crippen LogP contribution is -2.33. The molecule has 0 radical (unpaired) electrons. The van der Waals surface area contributed by atoms with E-state index in [1.54, 1.807) is 19.1 Å². The van der Waals surface area contributed by atoms with Crippen molar-refractivity contribution in [1.82, 2.24) is 4.90 Å². The van der Waals surface area contributed by atoms with Crippen LogP contribution < -0.4 is 0 Å². The average molecular weight is 281 g/mol. The predicted octanol–water partition coefficient (Wildman–Crippen LogP) is 1.48. The van der Waals surface area contributed by atoms with Crippen molar-refractivity contribution < 1.29 is 23.5 Å². The minimum atomic E-state index is -1.04. The molecule has 0 saturated heterocycles. The molecule has 1 aromatic carbocycles. The van der Waals surface area contributed by atoms with Crippen LogP contribution in [0.25, 0.3) is 0 Å². The first-order valence-corrected chi connectivity index (χ1v) is 5.99. The molecule has 1 amide bonds. The van der Waals surface area contributed by atoms with E-state index >= 15 is 0 Å². The van der Waals surface area contributed by atoms with E-state index in [0.717, 1.165) is 12.7 Å². The quantitative estimate of drug-likeness (QED) is 0.466. The zero-order chi connectivity index (χ0) is 15.3. The minimum Gasteiger partial charge on any atom is -0.463 e. The number of Topliss-reactive ketones (excluding diaryl/α,β-unsaturated/α-hetero) is 1. The third-order valence-electron chi connectivity index (χ3n) is 3.05. The van der Waals surface area contributed by atoms with Gasteiger partial charge in [0.2, 0.25) is 11.7 Å². The fourth-order valence-corrected chi connectivity index (χ4v) is 1.63. The Labute approximate surface area is 116 Å². The van der Waals surface area contributed by atoms with Crippen LogP contribution in [0, 0.1) is 5.82 Å². The molecule has 1 rings (SSSR count). The highest BCUT2D eigenvalue weighted by atomic mass is 19.1. The summed E-state index contributed by atoms with van der Waals surface area (Å²) in [7, 11) is 2.59. The Morgan fingerprint density at radius 3 is 2.30 bits per heavy atom. The average Bonchev–Trinajstić information content (AvgIpc) is 2.45. The van der Waals surface area contributed by atoms with Crippen LogP contribution in [0.2, 0.25) is 0 Å². The first kappa shape index (κ1) is 15.8. The van der Waals surface area contributed by atoms with Gasteiger partial charge in [0.15, 0.2) is 0 Å². The van der Waals surface area contributed by atoms with E-state index < -0.39 is 24.1 Å². The molecule has 1 aromatic rings. The van der Waals surface area contributed by atoms with Crippen LogP contribution in [-0.2, 0) is 19.1 Å². The summed E-state index contributed by atoms with van der Waals surface area (Å²) >= 11 is 0. The van der Waals surface area contributed by atoms with Crippen molar-refractivity contribution in [2.75, 3.05) is 14.2 Å². The lowest BCUT2D eigenvalue weighted by Gasteiger charge is -2.25. The number of carbonyl (C=O) groups excluding carboxylic acids is 3. The largest absolute Gasteiger partial charge is 0.463 e. The number of hydrogen-bond donors (Lipinski definition) is 0. The molecule has 0 bridgehead atoms. The summed E-state index contributed by atoms with van der Waals surface area (Å²) in [6, 6.07) is 5.37. The van der Waals surface area contributed by atoms with Crippen molar-refractivity contribution in [1.29, 1.82) is 0 Å². The lowest BCUT2D eigenvalue weighted by molar-refractivity contribution is -0.153. The van der Waals surface area contributed by atoms with Gasteiger partial charge in [-0.15, -0.1) is 0 Å². The molecule has 0 heterocycles. The first-order valence-electron chi connectivity index (χ1n) is 5.99. The number of methoxy groups -OCH3 is 1. The number of halogens is 1. The standard InChI is InChI=1S/C14H16FNO4/c1-9(10-4-6-11(15)7-5-10)16(2)13(18)8-12(17)14(19)20-3/h4-7,9H,8H2,1-3H3. The lowest BCUT2D eigenvalue weighted by atomic mass is 10.1. The van der Waals surface area contributed by atoms with Crippen molar-refractivity contribution in [2.24, 2.45) is 0 Å². The number of rotatable bonds is 5. The number of ketones is 1. The van der Waals surface area contributed by atoms with Crippen LogP contribution in [0.15, 0.2) is 24.3 Å². The molecule has 20 heavy (non-hydrogen) atoms. The predicted molar refractivity (Wildman–Crippen MR) is 69.2 cm³/mol. The maximum Gasteiger partial charge on any atom is 0.374 e. The van der Waals surface area contributed by atoms with Crippen molar-refractivity contribution in [3.05, 3.63) is 35.6 Å². The van der Waals surface area contributed by atoms with Crippen LogP contribution in [0.4, 0.5) is 4.39 Å². The molecule has 0 spiro atoms. The van der Waals surface area contributed by atoms with Crippen molar-refractivity contribution >= 4 is 17.7 Å². The van der Waals surface area contributed by atoms with Gasteiger partial charge in [-0.05, 0) is 24.6 Å². The van der Waals surface area contributed by atoms with Gasteiger partial charge in [0, 0.05) is 7.05 Å². The highest BCUT2D eigenvalue weighted by molar-refractivity contribution is 6.36. The van der Waals surface area contributed by atoms with Crippen molar-refractivity contribution in [3.8, 4) is 0 Å². The second-order valence-corrected chi connectivity index (χ2v) is 4.32. The van der Waals surface area contributed by atoms with E-state index in [-0.39, 0.29) is 11.9 Å². The highest BCUT2D eigenvalue weighted by Gasteiger charge is 2.23. The third-order valence-corrected chi connectivity index (χ3v) is 3.05. The molecule has 6 heteroatoms. The fourth-order valence-electron chi connectivity index (χ4n) is 1.63. The van der Waals surface area contributed by atoms with Gasteiger partial charge >= 0.3 is 5.97 Å². The normalized spacial score (nSPS) is 11.6. The van der Waals surface area contributed by atoms with Gasteiger partial charge in [0.25, 0.3) is 0 Å². The number of carbonyl (C=O) groups is 3. The highest BCUT2D eigenvalue weighted by Crippen LogP contribution is 2.19. The summed E-state index contributed by atoms with van der Waals surface area (Å²) < 4.78 is 17.1. The topological polar surface area (TPSA) is 63.7 Å². The molecule has 1 unspecified atom stereocenters. The van der Waals surface area contributed by atoms with Crippen LogP contribution in [0.1, 0.15) is 24.9 Å². The van der Waals surface area contributed by atoms with Crippen LogP contribution >= 0.6 is 0 Å². The Balaban J connectivity index is 2.71. The van der Waals surface area contributed by atoms with Crippen molar-refractivity contribution in [3.63, 3.8) is 0 Å². The number of nitrogens with zero attached hydrogens (tertiary/aromatic N) is 1. The molecular weight excluding hydrogens is 265 g/mol. The van der Waals surface area contributed by atoms with Gasteiger partial charge < -0.3 is 9.64 Å². The van der Waals surface area contributed by atoms with Gasteiger partial charge in [0.1, 0.15) is 5.82 Å². The summed E-state index contributed by atoms with van der Waals surface area (Å²) in [6.07, 6.45) is -0.547. The Kier molecular flexibility index (Phi) is 5.37. The Morgan fingerprint density at radius 1 is 1.25 bits per heavy atom. The Bertz CT molecular complexity index is 512. The van der Waals surface area contributed by atoms with E-state index in [9.17, 15) is 18.8 Å². The third kappa shape index (κ3) is 3.88. The van der Waals surface area contributed by atoms with E-state index in [1.807, 2.05) is 0 Å². The molecule has 0 fully saturated rings. The summed E-state index contributed by atoms with van der Waals surface area (Å²) in [5, 5.41) is 0. The van der Waals surface area contributed by atoms with E-state index in [0.29, 0.717) is 0 Å². The molecule has 1 atom stereocenters. The monoisotopic (exact) mass is 281 g/mol. The second-order valence-electron chi connectivity index (χ2n) is 4.32. The second kappa shape index (κ2) is 6.79. The molecule has 0 aliphatic heterocycles. The van der Waals surface area contributed by atoms with Crippen molar-refractivity contribution in [2.45, 2.75) is 19.4 Å². The number of benzene rings is 1. The van der Waals surface area contributed by atoms with Gasteiger partial charge in [-0.1, -0.05) is 12.1 Å². The maximum atomic E-state index is 12.8. The molecular formula is C14H16FNO4. The SMILES string of the molecule is COC(=O)C(=O)CC(=O)N(C)C(C)c1ccc(F)cc1. The molecule has 108 valence electrons. The molecule has 0 N–H and O–H groups in total. The zero-order valence-corrected chi connectivity index (χ0v) is 11.6. The zero-order valence-electron chi connectivity index (χ0n) is 11.6. The number of hydrogen-bond acceptors (Lipinski definition) is 4. The molecule has 5 nitrogen and oxygen atoms in total. The molecule has 0 saturated carbocycles. The van der Waals surface area contributed by atoms with Gasteiger partial charge in [-0.25, -0.2) is 9.18 Å². The van der Waals surface area contributed by atoms with E-state index in [1.165, 1.54) is 24.1 Å². The summed E-state index contributed by atoms with van der Waals surface area (Å²) in [5.41, 5.74) is 0.729. The van der Waals surface area contributed by atoms with Crippen LogP contribution in [0.5, 0.6) is 0 Å². The molecule has 0 aliphatic rings. The summed E-state index contributed by atoms with van der Waals surface area (Å²) in [5.74, 6) is -2.80. The van der Waals surface area contributed by atoms with Crippen LogP contribution in [-0.4, -0.2) is 36.7 Å². The minimum absolute atomic E-state index is 0.339. The maximum absolute atomic E-state index is 12.8. The van der Waals surface area contributed by atoms with Crippen LogP contribution in [0.3, 0.4) is 0 Å². The van der Waals surface area contributed by atoms with Gasteiger partial charge in [0.05, 0.1) is 19.6 Å². The van der Waals surface area contributed by atoms with E-state index in [4.69, 9.17) is 0 Å². The number of amides is 1. The summed E-state index contributed by atoms with van der Waals surface area (Å²) in [4.78, 5) is 35.5. The van der Waals surface area contributed by atoms with Gasteiger partial charge in [-0.2, -0.15) is 0 Å². The molecule has 0 aromatic heterocycles. The first-order chi connectivity index (χ1) is 9.36. The Morgan fingerprint density at radius 2 is 1.80 bits per heavy atom. The number of ether oxygens (including phenoxy) is 1. The van der Waals surface area contributed by atoms with Gasteiger partial charge in [-0.3, -0.25) is 9.59 Å². The number of esters is 1. The molecule has 0 aliphatic carbocycles. The fraction of sp³-hybridized carbons (Fsp3) is 0.357. The van der Waals surface area contributed by atoms with E-state index in [2.05, 4.69) is 4.74 Å². The summed E-state index contributed by atoms with van der Waals surface area (Å²) in [6.45, 7) is 1.74. The smallest absolute Gasteiger partial charge is 0.374 e.